The van der Waals surface area contributed by atoms with Crippen molar-refractivity contribution in [2.24, 2.45) is 11.1 Å². The predicted octanol–water partition coefficient (Wildman–Crippen LogP) is 1.38. The van der Waals surface area contributed by atoms with Gasteiger partial charge in [0.2, 0.25) is 0 Å². The van der Waals surface area contributed by atoms with E-state index in [1.807, 2.05) is 0 Å². The Morgan fingerprint density at radius 1 is 1.43 bits per heavy atom. The summed E-state index contributed by atoms with van der Waals surface area (Å²) in [6, 6.07) is 0.285. The van der Waals surface area contributed by atoms with Crippen LogP contribution in [0.5, 0.6) is 0 Å². The van der Waals surface area contributed by atoms with Crippen molar-refractivity contribution in [1.29, 1.82) is 0 Å². The number of nitrogens with two attached hydrogens (primary N) is 1. The van der Waals surface area contributed by atoms with Crippen LogP contribution in [0.2, 0.25) is 0 Å². The van der Waals surface area contributed by atoms with E-state index in [9.17, 15) is 0 Å². The minimum absolute atomic E-state index is 0.285. The molecule has 0 aromatic carbocycles. The van der Waals surface area contributed by atoms with E-state index in [-0.39, 0.29) is 6.04 Å². The molecular formula is C11H26N2O. The Hall–Kier alpha value is -0.120. The summed E-state index contributed by atoms with van der Waals surface area (Å²) in [5.74, 6) is 0. The molecule has 0 heterocycles. The molecule has 0 saturated carbocycles. The third kappa shape index (κ3) is 7.30. The van der Waals surface area contributed by atoms with Crippen LogP contribution < -0.4 is 11.1 Å². The van der Waals surface area contributed by atoms with Crippen LogP contribution in [-0.4, -0.2) is 32.8 Å². The van der Waals surface area contributed by atoms with Crippen molar-refractivity contribution in [2.75, 3.05) is 26.8 Å². The van der Waals surface area contributed by atoms with Gasteiger partial charge in [0.25, 0.3) is 0 Å². The molecule has 0 aliphatic rings. The lowest BCUT2D eigenvalue weighted by molar-refractivity contribution is 0.150. The molecule has 1 unspecified atom stereocenters. The summed E-state index contributed by atoms with van der Waals surface area (Å²) in [5.41, 5.74) is 6.11. The van der Waals surface area contributed by atoms with Gasteiger partial charge >= 0.3 is 0 Å². The molecule has 3 heteroatoms. The summed E-state index contributed by atoms with van der Waals surface area (Å²) < 4.78 is 5.07. The van der Waals surface area contributed by atoms with Crippen molar-refractivity contribution in [2.45, 2.75) is 39.7 Å². The first-order valence-corrected chi connectivity index (χ1v) is 5.47. The van der Waals surface area contributed by atoms with Crippen molar-refractivity contribution in [3.8, 4) is 0 Å². The number of nitrogens with one attached hydrogen (secondary N) is 1. The molecule has 14 heavy (non-hydrogen) atoms. The Bertz CT molecular complexity index is 137. The molecule has 3 nitrogen and oxygen atoms in total. The van der Waals surface area contributed by atoms with E-state index >= 15 is 0 Å². The number of rotatable bonds is 8. The van der Waals surface area contributed by atoms with Gasteiger partial charge in [0.1, 0.15) is 0 Å². The maximum absolute atomic E-state index is 5.82. The van der Waals surface area contributed by atoms with Gasteiger partial charge in [-0.3, -0.25) is 0 Å². The molecule has 0 bridgehead atoms. The minimum atomic E-state index is 0.285. The zero-order valence-electron chi connectivity index (χ0n) is 10.1. The van der Waals surface area contributed by atoms with Crippen LogP contribution in [0.25, 0.3) is 0 Å². The Morgan fingerprint density at radius 2 is 2.07 bits per heavy atom. The lowest BCUT2D eigenvalue weighted by Gasteiger charge is -2.25. The van der Waals surface area contributed by atoms with Crippen LogP contribution in [0.1, 0.15) is 33.6 Å². The highest BCUT2D eigenvalue weighted by atomic mass is 16.5. The number of hydrogen-bond donors (Lipinski definition) is 2. The van der Waals surface area contributed by atoms with Crippen molar-refractivity contribution >= 4 is 0 Å². The van der Waals surface area contributed by atoms with E-state index in [1.54, 1.807) is 7.11 Å². The first-order chi connectivity index (χ1) is 6.52. The van der Waals surface area contributed by atoms with Crippen LogP contribution in [0.3, 0.4) is 0 Å². The molecule has 1 atom stereocenters. The monoisotopic (exact) mass is 202 g/mol. The second-order valence-corrected chi connectivity index (χ2v) is 4.71. The Kier molecular flexibility index (Phi) is 7.15. The molecule has 0 spiro atoms. The Morgan fingerprint density at radius 3 is 2.57 bits per heavy atom. The van der Waals surface area contributed by atoms with Gasteiger partial charge in [-0.1, -0.05) is 20.8 Å². The number of ether oxygens (including phenoxy) is 1. The highest BCUT2D eigenvalue weighted by molar-refractivity contribution is 4.73. The summed E-state index contributed by atoms with van der Waals surface area (Å²) in [6.45, 7) is 9.35. The lowest BCUT2D eigenvalue weighted by Crippen LogP contribution is -2.38. The van der Waals surface area contributed by atoms with E-state index in [0.717, 1.165) is 32.5 Å². The van der Waals surface area contributed by atoms with Crippen molar-refractivity contribution in [3.05, 3.63) is 0 Å². The molecular weight excluding hydrogens is 176 g/mol. The summed E-state index contributed by atoms with van der Waals surface area (Å²) in [4.78, 5) is 0. The molecule has 0 amide bonds. The molecule has 0 aromatic heterocycles. The topological polar surface area (TPSA) is 47.3 Å². The van der Waals surface area contributed by atoms with Crippen LogP contribution in [-0.2, 0) is 4.74 Å². The zero-order chi connectivity index (χ0) is 11.0. The van der Waals surface area contributed by atoms with Crippen molar-refractivity contribution in [3.63, 3.8) is 0 Å². The maximum atomic E-state index is 5.82. The Labute approximate surface area is 88.4 Å². The van der Waals surface area contributed by atoms with Crippen molar-refractivity contribution in [1.82, 2.24) is 5.32 Å². The second kappa shape index (κ2) is 7.21. The van der Waals surface area contributed by atoms with Gasteiger partial charge in [-0.2, -0.15) is 0 Å². The number of methoxy groups -OCH3 is 1. The fourth-order valence-electron chi connectivity index (χ4n) is 1.21. The molecule has 86 valence electrons. The van der Waals surface area contributed by atoms with Gasteiger partial charge in [-0.05, 0) is 18.3 Å². The van der Waals surface area contributed by atoms with E-state index in [0.29, 0.717) is 5.41 Å². The fourth-order valence-corrected chi connectivity index (χ4v) is 1.21. The quantitative estimate of drug-likeness (QED) is 0.625. The van der Waals surface area contributed by atoms with Gasteiger partial charge in [-0.15, -0.1) is 0 Å². The van der Waals surface area contributed by atoms with Crippen molar-refractivity contribution < 1.29 is 4.74 Å². The SMILES string of the molecule is CCC(N)CNCC(C)(C)CCOC. The maximum Gasteiger partial charge on any atom is 0.0467 e. The standard InChI is InChI=1S/C11H26N2O/c1-5-10(12)8-13-9-11(2,3)6-7-14-4/h10,13H,5-9,12H2,1-4H3. The highest BCUT2D eigenvalue weighted by Gasteiger charge is 2.16. The fraction of sp³-hybridized carbons (Fsp3) is 1.00. The molecule has 0 saturated heterocycles. The largest absolute Gasteiger partial charge is 0.385 e. The van der Waals surface area contributed by atoms with E-state index in [2.05, 4.69) is 26.1 Å². The lowest BCUT2D eigenvalue weighted by atomic mass is 9.89. The normalized spacial score (nSPS) is 14.4. The third-order valence-electron chi connectivity index (χ3n) is 2.52. The molecule has 0 rings (SSSR count). The second-order valence-electron chi connectivity index (χ2n) is 4.71. The summed E-state index contributed by atoms with van der Waals surface area (Å²) >= 11 is 0. The van der Waals surface area contributed by atoms with Crippen LogP contribution >= 0.6 is 0 Å². The van der Waals surface area contributed by atoms with E-state index < -0.39 is 0 Å². The van der Waals surface area contributed by atoms with Crippen LogP contribution in [0.4, 0.5) is 0 Å². The Balaban J connectivity index is 3.54. The van der Waals surface area contributed by atoms with Crippen LogP contribution in [0.15, 0.2) is 0 Å². The molecule has 0 aliphatic carbocycles. The smallest absolute Gasteiger partial charge is 0.0467 e. The molecule has 0 fully saturated rings. The highest BCUT2D eigenvalue weighted by Crippen LogP contribution is 2.18. The molecule has 0 aliphatic heterocycles. The average Bonchev–Trinajstić information content (AvgIpc) is 2.14. The third-order valence-corrected chi connectivity index (χ3v) is 2.52. The predicted molar refractivity (Wildman–Crippen MR) is 61.4 cm³/mol. The zero-order valence-corrected chi connectivity index (χ0v) is 10.1. The van der Waals surface area contributed by atoms with Gasteiger partial charge < -0.3 is 15.8 Å². The molecule has 3 N–H and O–H groups in total. The first-order valence-electron chi connectivity index (χ1n) is 5.47. The summed E-state index contributed by atoms with van der Waals surface area (Å²) in [5, 5.41) is 3.40. The van der Waals surface area contributed by atoms with E-state index in [4.69, 9.17) is 10.5 Å². The van der Waals surface area contributed by atoms with Crippen LogP contribution in [0, 0.1) is 5.41 Å². The van der Waals surface area contributed by atoms with Gasteiger partial charge in [0.15, 0.2) is 0 Å². The summed E-state index contributed by atoms with van der Waals surface area (Å²) in [6.07, 6.45) is 2.11. The minimum Gasteiger partial charge on any atom is -0.385 e. The summed E-state index contributed by atoms with van der Waals surface area (Å²) in [7, 11) is 1.75. The average molecular weight is 202 g/mol. The number of hydrogen-bond acceptors (Lipinski definition) is 3. The van der Waals surface area contributed by atoms with Gasteiger partial charge in [0, 0.05) is 32.8 Å². The van der Waals surface area contributed by atoms with Gasteiger partial charge in [-0.25, -0.2) is 0 Å². The molecule has 0 aromatic rings. The van der Waals surface area contributed by atoms with E-state index in [1.165, 1.54) is 0 Å². The molecule has 0 radical (unpaired) electrons. The van der Waals surface area contributed by atoms with Gasteiger partial charge in [0.05, 0.1) is 0 Å². The first kappa shape index (κ1) is 13.9.